The minimum atomic E-state index is 0.0654. The van der Waals surface area contributed by atoms with Gasteiger partial charge in [-0.1, -0.05) is 30.3 Å². The van der Waals surface area contributed by atoms with Crippen molar-refractivity contribution in [2.24, 2.45) is 5.92 Å². The Hall–Kier alpha value is -1.88. The first-order chi connectivity index (χ1) is 11.6. The molecule has 5 heteroatoms. The van der Waals surface area contributed by atoms with Gasteiger partial charge in [-0.3, -0.25) is 9.59 Å². The number of likely N-dealkylation sites (tertiary alicyclic amines) is 1. The molecule has 2 aliphatic rings. The van der Waals surface area contributed by atoms with Crippen LogP contribution in [-0.2, 0) is 16.0 Å². The summed E-state index contributed by atoms with van der Waals surface area (Å²) in [4.78, 5) is 28.4. The Morgan fingerprint density at radius 2 is 1.96 bits per heavy atom. The van der Waals surface area contributed by atoms with Crippen LogP contribution in [0.1, 0.15) is 24.8 Å². The quantitative estimate of drug-likeness (QED) is 0.886. The van der Waals surface area contributed by atoms with Gasteiger partial charge in [0.15, 0.2) is 0 Å². The molecule has 130 valence electrons. The van der Waals surface area contributed by atoms with Crippen LogP contribution in [0.4, 0.5) is 0 Å². The molecule has 0 aromatic heterocycles. The van der Waals surface area contributed by atoms with E-state index in [1.54, 1.807) is 4.90 Å². The maximum absolute atomic E-state index is 12.5. The van der Waals surface area contributed by atoms with Gasteiger partial charge in [-0.05, 0) is 43.8 Å². The smallest absolute Gasteiger partial charge is 0.242 e. The maximum atomic E-state index is 12.5. The van der Waals surface area contributed by atoms with E-state index in [-0.39, 0.29) is 18.4 Å². The van der Waals surface area contributed by atoms with Crippen LogP contribution in [-0.4, -0.2) is 60.9 Å². The lowest BCUT2D eigenvalue weighted by atomic mass is 9.99. The third-order valence-electron chi connectivity index (χ3n) is 5.24. The third-order valence-corrected chi connectivity index (χ3v) is 5.24. The molecule has 0 aliphatic carbocycles. The van der Waals surface area contributed by atoms with Crippen molar-refractivity contribution in [1.82, 2.24) is 15.1 Å². The van der Waals surface area contributed by atoms with E-state index in [0.29, 0.717) is 24.9 Å². The molecule has 2 aliphatic heterocycles. The summed E-state index contributed by atoms with van der Waals surface area (Å²) in [5, 5.41) is 3.32. The summed E-state index contributed by atoms with van der Waals surface area (Å²) in [6.45, 7) is 2.85. The van der Waals surface area contributed by atoms with Crippen molar-refractivity contribution in [3.05, 3.63) is 35.9 Å². The van der Waals surface area contributed by atoms with E-state index in [0.717, 1.165) is 32.4 Å². The third kappa shape index (κ3) is 4.15. The van der Waals surface area contributed by atoms with Crippen LogP contribution >= 0.6 is 0 Å². The molecule has 1 aromatic rings. The number of hydrogen-bond donors (Lipinski definition) is 1. The minimum Gasteiger partial charge on any atom is -0.341 e. The number of hydrogen-bond acceptors (Lipinski definition) is 3. The second kappa shape index (κ2) is 7.79. The topological polar surface area (TPSA) is 52.7 Å². The van der Waals surface area contributed by atoms with Gasteiger partial charge >= 0.3 is 0 Å². The number of piperidine rings is 1. The lowest BCUT2D eigenvalue weighted by molar-refractivity contribution is -0.139. The summed E-state index contributed by atoms with van der Waals surface area (Å²) < 4.78 is 0. The summed E-state index contributed by atoms with van der Waals surface area (Å²) in [6.07, 6.45) is 3.44. The molecule has 5 nitrogen and oxygen atoms in total. The number of benzene rings is 1. The van der Waals surface area contributed by atoms with E-state index in [9.17, 15) is 9.59 Å². The average Bonchev–Trinajstić information content (AvgIpc) is 2.95. The zero-order valence-electron chi connectivity index (χ0n) is 14.4. The van der Waals surface area contributed by atoms with E-state index in [1.807, 2.05) is 30.1 Å². The average molecular weight is 329 g/mol. The fraction of sp³-hybridized carbons (Fsp3) is 0.579. The molecule has 0 saturated carbocycles. The van der Waals surface area contributed by atoms with Crippen LogP contribution in [0.3, 0.4) is 0 Å². The number of amides is 2. The van der Waals surface area contributed by atoms with Crippen molar-refractivity contribution >= 4 is 11.8 Å². The maximum Gasteiger partial charge on any atom is 0.242 e. The molecular formula is C19H27N3O2. The minimum absolute atomic E-state index is 0.0654. The lowest BCUT2D eigenvalue weighted by Gasteiger charge is -2.32. The summed E-state index contributed by atoms with van der Waals surface area (Å²) in [5.74, 6) is 0.496. The van der Waals surface area contributed by atoms with Crippen LogP contribution in [0.5, 0.6) is 0 Å². The summed E-state index contributed by atoms with van der Waals surface area (Å²) >= 11 is 0. The zero-order chi connectivity index (χ0) is 16.9. The molecule has 24 heavy (non-hydrogen) atoms. The first kappa shape index (κ1) is 17.0. The highest BCUT2D eigenvalue weighted by atomic mass is 16.2. The van der Waals surface area contributed by atoms with Crippen molar-refractivity contribution in [3.8, 4) is 0 Å². The molecule has 0 radical (unpaired) electrons. The fourth-order valence-electron chi connectivity index (χ4n) is 3.76. The first-order valence-electron chi connectivity index (χ1n) is 8.91. The van der Waals surface area contributed by atoms with Gasteiger partial charge in [0.25, 0.3) is 0 Å². The van der Waals surface area contributed by atoms with Gasteiger partial charge in [0.05, 0.1) is 6.54 Å². The van der Waals surface area contributed by atoms with Crippen molar-refractivity contribution in [3.63, 3.8) is 0 Å². The van der Waals surface area contributed by atoms with Crippen molar-refractivity contribution in [2.75, 3.05) is 33.2 Å². The summed E-state index contributed by atoms with van der Waals surface area (Å²) in [6, 6.07) is 10.6. The van der Waals surface area contributed by atoms with Crippen LogP contribution < -0.4 is 5.32 Å². The number of nitrogens with zero attached hydrogens (tertiary/aromatic N) is 2. The van der Waals surface area contributed by atoms with Crippen LogP contribution in [0.2, 0.25) is 0 Å². The van der Waals surface area contributed by atoms with Crippen molar-refractivity contribution in [1.29, 1.82) is 0 Å². The Kier molecular flexibility index (Phi) is 5.51. The molecule has 0 spiro atoms. The molecule has 0 bridgehead atoms. The molecule has 1 aromatic carbocycles. The monoisotopic (exact) mass is 329 g/mol. The lowest BCUT2D eigenvalue weighted by Crippen LogP contribution is -2.47. The van der Waals surface area contributed by atoms with Gasteiger partial charge in [-0.15, -0.1) is 0 Å². The Bertz CT molecular complexity index is 569. The molecule has 2 fully saturated rings. The van der Waals surface area contributed by atoms with Gasteiger partial charge in [0, 0.05) is 26.1 Å². The first-order valence-corrected chi connectivity index (χ1v) is 8.91. The molecule has 2 amide bonds. The number of carbonyl (C=O) groups excluding carboxylic acids is 2. The Morgan fingerprint density at radius 1 is 1.25 bits per heavy atom. The second-order valence-electron chi connectivity index (χ2n) is 7.02. The normalized spacial score (nSPS) is 22.0. The van der Waals surface area contributed by atoms with Crippen molar-refractivity contribution in [2.45, 2.75) is 31.7 Å². The van der Waals surface area contributed by atoms with E-state index in [2.05, 4.69) is 17.4 Å². The fourth-order valence-corrected chi connectivity index (χ4v) is 3.76. The van der Waals surface area contributed by atoms with Gasteiger partial charge in [-0.2, -0.15) is 0 Å². The number of rotatable bonds is 5. The van der Waals surface area contributed by atoms with E-state index >= 15 is 0 Å². The Labute approximate surface area is 144 Å². The molecule has 3 rings (SSSR count). The van der Waals surface area contributed by atoms with Gasteiger partial charge in [0.1, 0.15) is 0 Å². The van der Waals surface area contributed by atoms with Crippen LogP contribution in [0.25, 0.3) is 0 Å². The predicted molar refractivity (Wildman–Crippen MR) is 93.5 cm³/mol. The zero-order valence-corrected chi connectivity index (χ0v) is 14.4. The Morgan fingerprint density at radius 3 is 2.67 bits per heavy atom. The number of likely N-dealkylation sites (N-methyl/N-ethyl adjacent to an activating group) is 1. The molecule has 0 unspecified atom stereocenters. The number of carbonyl (C=O) groups is 2. The van der Waals surface area contributed by atoms with Crippen LogP contribution in [0.15, 0.2) is 30.3 Å². The highest BCUT2D eigenvalue weighted by molar-refractivity contribution is 5.86. The van der Waals surface area contributed by atoms with Gasteiger partial charge in [0.2, 0.25) is 11.8 Å². The van der Waals surface area contributed by atoms with Gasteiger partial charge < -0.3 is 15.1 Å². The van der Waals surface area contributed by atoms with E-state index in [1.165, 1.54) is 5.56 Å². The predicted octanol–water partition coefficient (Wildman–Crippen LogP) is 1.29. The molecular weight excluding hydrogens is 302 g/mol. The molecule has 2 saturated heterocycles. The highest BCUT2D eigenvalue weighted by Gasteiger charge is 2.32. The number of nitrogens with one attached hydrogen (secondary N) is 1. The summed E-state index contributed by atoms with van der Waals surface area (Å²) in [7, 11) is 1.88. The molecule has 1 N–H and O–H groups in total. The highest BCUT2D eigenvalue weighted by Crippen LogP contribution is 2.22. The largest absolute Gasteiger partial charge is 0.341 e. The van der Waals surface area contributed by atoms with E-state index < -0.39 is 0 Å². The van der Waals surface area contributed by atoms with E-state index in [4.69, 9.17) is 0 Å². The SMILES string of the molecule is CN(C(=O)CN1C[C@@H](Cc2ccccc2)CC1=O)C1CCNCC1. The van der Waals surface area contributed by atoms with Gasteiger partial charge in [-0.25, -0.2) is 0 Å². The van der Waals surface area contributed by atoms with Crippen molar-refractivity contribution < 1.29 is 9.59 Å². The second-order valence-corrected chi connectivity index (χ2v) is 7.02. The summed E-state index contributed by atoms with van der Waals surface area (Å²) in [5.41, 5.74) is 1.26. The Balaban J connectivity index is 1.51. The van der Waals surface area contributed by atoms with Crippen LogP contribution in [0, 0.1) is 5.92 Å². The standard InChI is InChI=1S/C19H27N3O2/c1-21(17-7-9-20-10-8-17)19(24)14-22-13-16(12-18(22)23)11-15-5-3-2-4-6-15/h2-6,16-17,20H,7-14H2,1H3/t16-/m0/s1. The molecule has 1 atom stereocenters. The molecule has 2 heterocycles.